The normalized spacial score (nSPS) is 22.4. The molecular weight excluding hydrogens is 556 g/mol. The van der Waals surface area contributed by atoms with Crippen LogP contribution in [0.5, 0.6) is 0 Å². The van der Waals surface area contributed by atoms with E-state index in [9.17, 15) is 43.8 Å². The molecule has 1 fully saturated rings. The number of aliphatic carboxylic acids is 2. The second-order valence-electron chi connectivity index (χ2n) is 9.30. The summed E-state index contributed by atoms with van der Waals surface area (Å²) in [5.41, 5.74) is 10.9. The molecule has 1 aliphatic heterocycles. The van der Waals surface area contributed by atoms with Crippen LogP contribution in [0.2, 0.25) is 0 Å². The van der Waals surface area contributed by atoms with Crippen LogP contribution in [0.25, 0.3) is 0 Å². The highest BCUT2D eigenvalue weighted by Gasteiger charge is 2.33. The van der Waals surface area contributed by atoms with E-state index in [4.69, 9.17) is 11.5 Å². The number of benzene rings is 1. The fourth-order valence-electron chi connectivity index (χ4n) is 3.91. The summed E-state index contributed by atoms with van der Waals surface area (Å²) in [6.07, 6.45) is -1.45. The number of aliphatic imine (C=N–C) groups is 1. The minimum atomic E-state index is -1.72. The van der Waals surface area contributed by atoms with Crippen LogP contribution in [0.4, 0.5) is 0 Å². The maximum atomic E-state index is 13.4. The lowest BCUT2D eigenvalue weighted by molar-refractivity contribution is -0.144. The molecule has 0 radical (unpaired) electrons. The van der Waals surface area contributed by atoms with Gasteiger partial charge in [0.2, 0.25) is 29.5 Å². The lowest BCUT2D eigenvalue weighted by atomic mass is 10.0. The van der Waals surface area contributed by atoms with Crippen molar-refractivity contribution in [2.24, 2.45) is 16.5 Å². The Labute approximate surface area is 239 Å². The number of carbonyl (C=O) groups is 7. The molecule has 11 N–H and O–H groups in total. The van der Waals surface area contributed by atoms with E-state index in [-0.39, 0.29) is 37.3 Å². The van der Waals surface area contributed by atoms with Crippen LogP contribution in [-0.4, -0.2) is 88.9 Å². The molecule has 228 valence electrons. The van der Waals surface area contributed by atoms with Crippen molar-refractivity contribution in [1.82, 2.24) is 26.6 Å². The minimum absolute atomic E-state index is 0.00823. The molecule has 1 aromatic carbocycles. The van der Waals surface area contributed by atoms with Crippen molar-refractivity contribution in [3.05, 3.63) is 35.9 Å². The van der Waals surface area contributed by atoms with E-state index in [2.05, 4.69) is 31.6 Å². The van der Waals surface area contributed by atoms with Crippen molar-refractivity contribution in [2.75, 3.05) is 13.1 Å². The number of hydrogen-bond acceptors (Lipinski definition) is 8. The quantitative estimate of drug-likeness (QED) is 0.0785. The number of carboxylic acid groups (broad SMARTS) is 2. The lowest BCUT2D eigenvalue weighted by Crippen LogP contribution is -2.57. The topological polar surface area (TPSA) is 284 Å². The summed E-state index contributed by atoms with van der Waals surface area (Å²) in [5.74, 6) is -7.47. The highest BCUT2D eigenvalue weighted by Crippen LogP contribution is 2.15. The molecule has 1 aromatic rings. The summed E-state index contributed by atoms with van der Waals surface area (Å²) in [7, 11) is 0. The molecular formula is C25H34N8O9. The van der Waals surface area contributed by atoms with Gasteiger partial charge in [-0.3, -0.25) is 33.8 Å². The van der Waals surface area contributed by atoms with E-state index >= 15 is 0 Å². The van der Waals surface area contributed by atoms with Gasteiger partial charge in [-0.05, 0) is 24.8 Å². The van der Waals surface area contributed by atoms with Crippen molar-refractivity contribution < 1.29 is 43.8 Å². The average Bonchev–Trinajstić information content (AvgIpc) is 2.93. The highest BCUT2D eigenvalue weighted by atomic mass is 16.4. The molecule has 0 bridgehead atoms. The van der Waals surface area contributed by atoms with Gasteiger partial charge >= 0.3 is 11.9 Å². The zero-order valence-electron chi connectivity index (χ0n) is 22.5. The first-order valence-corrected chi connectivity index (χ1v) is 12.9. The van der Waals surface area contributed by atoms with E-state index < -0.39 is 85.0 Å². The highest BCUT2D eigenvalue weighted by molar-refractivity contribution is 5.97. The van der Waals surface area contributed by atoms with Crippen LogP contribution in [0.15, 0.2) is 35.3 Å². The summed E-state index contributed by atoms with van der Waals surface area (Å²) in [6, 6.07) is 1.82. The van der Waals surface area contributed by atoms with Crippen molar-refractivity contribution in [3.8, 4) is 0 Å². The van der Waals surface area contributed by atoms with Gasteiger partial charge in [-0.25, -0.2) is 4.79 Å². The SMILES string of the molecule is NC(N)=NCCC[C@@H]1NC(=O)CNC(=O)C[C@@H](C(=O)O)NC(=O)[C@@H](c2ccccc2)NC(=O)[C@H](CCC(=O)O)NC1=O. The Balaban J connectivity index is 2.46. The fourth-order valence-corrected chi connectivity index (χ4v) is 3.91. The number of nitrogens with one attached hydrogen (secondary N) is 5. The first kappa shape index (κ1) is 33.0. The van der Waals surface area contributed by atoms with Gasteiger partial charge in [0.25, 0.3) is 0 Å². The Bertz CT molecular complexity index is 1200. The Morgan fingerprint density at radius 3 is 2.10 bits per heavy atom. The Morgan fingerprint density at radius 2 is 1.48 bits per heavy atom. The van der Waals surface area contributed by atoms with Crippen molar-refractivity contribution in [1.29, 1.82) is 0 Å². The van der Waals surface area contributed by atoms with Gasteiger partial charge in [0, 0.05) is 13.0 Å². The second-order valence-corrected chi connectivity index (χ2v) is 9.30. The number of guanidine groups is 1. The molecule has 5 amide bonds. The molecule has 0 aliphatic carbocycles. The second kappa shape index (κ2) is 16.1. The Hall–Kier alpha value is -5.22. The van der Waals surface area contributed by atoms with Crippen LogP contribution < -0.4 is 38.1 Å². The fraction of sp³-hybridized carbons (Fsp3) is 0.440. The number of nitrogens with zero attached hydrogens (tertiary/aromatic N) is 1. The number of hydrogen-bond donors (Lipinski definition) is 9. The standard InChI is InChI=1S/C25H34N8O9/c26-25(27)28-10-4-7-14-21(38)31-15(8-9-19(36)37)22(39)33-20(13-5-2-1-3-6-13)23(40)32-16(24(41)42)11-17(34)29-12-18(35)30-14/h1-3,5-6,14-16,20H,4,7-12H2,(H,29,34)(H,30,35)(H,31,38)(H,32,40)(H,33,39)(H,36,37)(H,41,42)(H4,26,27,28)/t14-,15-,16-,20+/m0/s1. The molecule has 42 heavy (non-hydrogen) atoms. The number of rotatable bonds is 9. The summed E-state index contributed by atoms with van der Waals surface area (Å²) < 4.78 is 0. The molecule has 1 heterocycles. The summed E-state index contributed by atoms with van der Waals surface area (Å²) in [6.45, 7) is -0.529. The maximum Gasteiger partial charge on any atom is 0.326 e. The van der Waals surface area contributed by atoms with Crippen LogP contribution in [0.3, 0.4) is 0 Å². The largest absolute Gasteiger partial charge is 0.481 e. The van der Waals surface area contributed by atoms with E-state index in [0.29, 0.717) is 0 Å². The average molecular weight is 591 g/mol. The Kier molecular flexibility index (Phi) is 12.7. The van der Waals surface area contributed by atoms with Gasteiger partial charge in [0.15, 0.2) is 5.96 Å². The molecule has 0 spiro atoms. The molecule has 1 saturated heterocycles. The molecule has 0 aromatic heterocycles. The van der Waals surface area contributed by atoms with Gasteiger partial charge in [0.05, 0.1) is 13.0 Å². The van der Waals surface area contributed by atoms with Gasteiger partial charge < -0.3 is 48.3 Å². The number of amides is 5. The predicted octanol–water partition coefficient (Wildman–Crippen LogP) is -3.18. The van der Waals surface area contributed by atoms with E-state index in [1.807, 2.05) is 0 Å². The van der Waals surface area contributed by atoms with Crippen LogP contribution in [0.1, 0.15) is 43.7 Å². The zero-order chi connectivity index (χ0) is 31.2. The molecule has 0 saturated carbocycles. The summed E-state index contributed by atoms with van der Waals surface area (Å²) >= 11 is 0. The third kappa shape index (κ3) is 11.1. The molecule has 4 atom stereocenters. The number of carboxylic acids is 2. The maximum absolute atomic E-state index is 13.4. The number of carbonyl (C=O) groups excluding carboxylic acids is 5. The summed E-state index contributed by atoms with van der Waals surface area (Å²) in [4.78, 5) is 91.6. The van der Waals surface area contributed by atoms with Crippen molar-refractivity contribution in [3.63, 3.8) is 0 Å². The molecule has 2 rings (SSSR count). The van der Waals surface area contributed by atoms with Gasteiger partial charge in [-0.2, -0.15) is 0 Å². The third-order valence-electron chi connectivity index (χ3n) is 6.01. The first-order chi connectivity index (χ1) is 19.9. The first-order valence-electron chi connectivity index (χ1n) is 12.9. The van der Waals surface area contributed by atoms with Gasteiger partial charge in [-0.15, -0.1) is 0 Å². The molecule has 17 nitrogen and oxygen atoms in total. The molecule has 17 heteroatoms. The zero-order valence-corrected chi connectivity index (χ0v) is 22.5. The smallest absolute Gasteiger partial charge is 0.326 e. The number of nitrogens with two attached hydrogens (primary N) is 2. The Morgan fingerprint density at radius 1 is 0.833 bits per heavy atom. The summed E-state index contributed by atoms with van der Waals surface area (Å²) in [5, 5.41) is 30.5. The van der Waals surface area contributed by atoms with Crippen LogP contribution in [-0.2, 0) is 33.6 Å². The monoisotopic (exact) mass is 590 g/mol. The third-order valence-corrected chi connectivity index (χ3v) is 6.01. The van der Waals surface area contributed by atoms with Crippen molar-refractivity contribution >= 4 is 47.4 Å². The van der Waals surface area contributed by atoms with E-state index in [0.717, 1.165) is 0 Å². The minimum Gasteiger partial charge on any atom is -0.481 e. The molecule has 0 unspecified atom stereocenters. The van der Waals surface area contributed by atoms with Gasteiger partial charge in [-0.1, -0.05) is 30.3 Å². The van der Waals surface area contributed by atoms with Crippen LogP contribution >= 0.6 is 0 Å². The molecule has 1 aliphatic rings. The van der Waals surface area contributed by atoms with E-state index in [1.54, 1.807) is 18.2 Å². The predicted molar refractivity (Wildman–Crippen MR) is 145 cm³/mol. The van der Waals surface area contributed by atoms with Gasteiger partial charge in [0.1, 0.15) is 24.2 Å². The van der Waals surface area contributed by atoms with E-state index in [1.165, 1.54) is 12.1 Å². The van der Waals surface area contributed by atoms with Crippen molar-refractivity contribution in [2.45, 2.75) is 56.3 Å². The lowest BCUT2D eigenvalue weighted by Gasteiger charge is -2.26. The van der Waals surface area contributed by atoms with Crippen LogP contribution in [0, 0.1) is 0 Å².